The number of nitrogens with zero attached hydrogens (tertiary/aromatic N) is 2. The third-order valence-electron chi connectivity index (χ3n) is 6.01. The molecule has 0 radical (unpaired) electrons. The highest BCUT2D eigenvalue weighted by Crippen LogP contribution is 2.48. The molecular weight excluding hydrogens is 382 g/mol. The van der Waals surface area contributed by atoms with E-state index in [0.29, 0.717) is 24.4 Å². The molecule has 0 saturated carbocycles. The molecule has 2 aromatic rings. The molecular formula is C23H27N3O4. The van der Waals surface area contributed by atoms with Crippen molar-refractivity contribution in [3.05, 3.63) is 68.0 Å². The van der Waals surface area contributed by atoms with Gasteiger partial charge in [0.05, 0.1) is 18.1 Å². The lowest BCUT2D eigenvalue weighted by Crippen LogP contribution is -2.47. The van der Waals surface area contributed by atoms with Crippen molar-refractivity contribution >= 4 is 11.6 Å². The number of carbonyl (C=O) groups is 1. The average molecular weight is 409 g/mol. The zero-order chi connectivity index (χ0) is 21.8. The Hall–Kier alpha value is -3.09. The van der Waals surface area contributed by atoms with Crippen LogP contribution in [0.2, 0.25) is 0 Å². The van der Waals surface area contributed by atoms with E-state index in [1.54, 1.807) is 7.05 Å². The SMILES string of the molecule is CCOc1ccc([C@H]2c3c(n(C)c(=O)n(C)c3=O)NC3=CC(C)(C)CC(=O)[C@@H]32)cc1. The molecule has 0 saturated heterocycles. The Kier molecular flexibility index (Phi) is 4.71. The molecule has 1 N–H and O–H groups in total. The number of benzene rings is 1. The van der Waals surface area contributed by atoms with Gasteiger partial charge in [0.1, 0.15) is 17.4 Å². The van der Waals surface area contributed by atoms with Crippen molar-refractivity contribution in [2.24, 2.45) is 25.4 Å². The van der Waals surface area contributed by atoms with Crippen LogP contribution < -0.4 is 21.3 Å². The highest BCUT2D eigenvalue weighted by atomic mass is 16.5. The third kappa shape index (κ3) is 3.09. The number of fused-ring (bicyclic) bond motifs is 2. The van der Waals surface area contributed by atoms with Crippen molar-refractivity contribution in [1.82, 2.24) is 9.13 Å². The van der Waals surface area contributed by atoms with E-state index in [1.165, 1.54) is 11.6 Å². The van der Waals surface area contributed by atoms with Crippen LogP contribution in [0.3, 0.4) is 0 Å². The highest BCUT2D eigenvalue weighted by Gasteiger charge is 2.45. The summed E-state index contributed by atoms with van der Waals surface area (Å²) in [5.74, 6) is 0.307. The molecule has 0 unspecified atom stereocenters. The van der Waals surface area contributed by atoms with E-state index in [2.05, 4.69) is 11.4 Å². The maximum atomic E-state index is 13.3. The number of aromatic nitrogens is 2. The van der Waals surface area contributed by atoms with Crippen LogP contribution in [-0.2, 0) is 18.9 Å². The van der Waals surface area contributed by atoms with Gasteiger partial charge in [-0.1, -0.05) is 32.1 Å². The lowest BCUT2D eigenvalue weighted by Gasteiger charge is -2.41. The van der Waals surface area contributed by atoms with Gasteiger partial charge in [-0.25, -0.2) is 4.79 Å². The topological polar surface area (TPSA) is 82.3 Å². The summed E-state index contributed by atoms with van der Waals surface area (Å²) in [5.41, 5.74) is 0.967. The van der Waals surface area contributed by atoms with Crippen molar-refractivity contribution in [2.75, 3.05) is 11.9 Å². The van der Waals surface area contributed by atoms with Crippen LogP contribution in [0.25, 0.3) is 0 Å². The predicted molar refractivity (Wildman–Crippen MR) is 115 cm³/mol. The molecule has 1 aliphatic carbocycles. The third-order valence-corrected chi connectivity index (χ3v) is 6.01. The number of Topliss-reactive ketones (excluding diaryl/α,β-unsaturated/α-hetero) is 1. The maximum absolute atomic E-state index is 13.3. The van der Waals surface area contributed by atoms with Gasteiger partial charge in [0, 0.05) is 32.1 Å². The van der Waals surface area contributed by atoms with Gasteiger partial charge in [-0.05, 0) is 30.0 Å². The van der Waals surface area contributed by atoms with Crippen molar-refractivity contribution in [3.63, 3.8) is 0 Å². The Morgan fingerprint density at radius 1 is 1.07 bits per heavy atom. The van der Waals surface area contributed by atoms with Crippen LogP contribution in [0, 0.1) is 11.3 Å². The van der Waals surface area contributed by atoms with Gasteiger partial charge in [0.2, 0.25) is 0 Å². The fourth-order valence-electron chi connectivity index (χ4n) is 4.68. The van der Waals surface area contributed by atoms with Gasteiger partial charge in [0.25, 0.3) is 5.56 Å². The highest BCUT2D eigenvalue weighted by molar-refractivity contribution is 5.90. The molecule has 7 heteroatoms. The van der Waals surface area contributed by atoms with Crippen LogP contribution in [0.1, 0.15) is 44.2 Å². The van der Waals surface area contributed by atoms with Crippen LogP contribution in [0.5, 0.6) is 5.75 Å². The Labute approximate surface area is 175 Å². The second-order valence-electron chi connectivity index (χ2n) is 8.78. The molecule has 0 fully saturated rings. The Morgan fingerprint density at radius 3 is 2.37 bits per heavy atom. The first-order valence-electron chi connectivity index (χ1n) is 10.2. The van der Waals surface area contributed by atoms with E-state index in [4.69, 9.17) is 4.74 Å². The molecule has 7 nitrogen and oxygen atoms in total. The summed E-state index contributed by atoms with van der Waals surface area (Å²) in [5, 5.41) is 3.26. The smallest absolute Gasteiger partial charge is 0.332 e. The fourth-order valence-corrected chi connectivity index (χ4v) is 4.68. The van der Waals surface area contributed by atoms with E-state index in [9.17, 15) is 14.4 Å². The van der Waals surface area contributed by atoms with Crippen LogP contribution in [0.4, 0.5) is 5.82 Å². The van der Waals surface area contributed by atoms with E-state index in [-0.39, 0.29) is 16.8 Å². The number of ether oxygens (including phenoxy) is 1. The normalized spacial score (nSPS) is 21.9. The van der Waals surface area contributed by atoms with Gasteiger partial charge in [-0.2, -0.15) is 0 Å². The van der Waals surface area contributed by atoms with Gasteiger partial charge in [-0.3, -0.25) is 18.7 Å². The van der Waals surface area contributed by atoms with Gasteiger partial charge < -0.3 is 10.1 Å². The number of rotatable bonds is 3. The quantitative estimate of drug-likeness (QED) is 0.843. The second-order valence-corrected chi connectivity index (χ2v) is 8.78. The van der Waals surface area contributed by atoms with Crippen molar-refractivity contribution < 1.29 is 9.53 Å². The fraction of sp³-hybridized carbons (Fsp3) is 0.435. The van der Waals surface area contributed by atoms with Crippen LogP contribution in [0.15, 0.2) is 45.6 Å². The van der Waals surface area contributed by atoms with Gasteiger partial charge in [0.15, 0.2) is 0 Å². The lowest BCUT2D eigenvalue weighted by molar-refractivity contribution is -0.124. The Balaban J connectivity index is 2.00. The molecule has 1 aromatic carbocycles. The van der Waals surface area contributed by atoms with Gasteiger partial charge >= 0.3 is 5.69 Å². The molecule has 0 bridgehead atoms. The predicted octanol–water partition coefficient (Wildman–Crippen LogP) is 2.54. The minimum atomic E-state index is -0.492. The first kappa shape index (κ1) is 20.2. The molecule has 2 atom stereocenters. The molecule has 4 rings (SSSR count). The standard InChI is InChI=1S/C23H27N3O4/c1-6-30-14-9-7-13(8-10-14)17-18-15(11-23(2,3)12-16(18)27)24-20-19(17)21(28)26(5)22(29)25(20)4/h7-11,17-18,24H,6,12H2,1-5H3/t17-,18-/m1/s1. The number of allylic oxidation sites excluding steroid dienone is 2. The molecule has 2 heterocycles. The van der Waals surface area contributed by atoms with Crippen molar-refractivity contribution in [1.29, 1.82) is 0 Å². The molecule has 158 valence electrons. The largest absolute Gasteiger partial charge is 0.494 e. The maximum Gasteiger partial charge on any atom is 0.332 e. The molecule has 0 amide bonds. The summed E-state index contributed by atoms with van der Waals surface area (Å²) < 4.78 is 8.10. The van der Waals surface area contributed by atoms with E-state index in [1.807, 2.05) is 45.0 Å². The molecule has 2 aliphatic rings. The monoisotopic (exact) mass is 409 g/mol. The van der Waals surface area contributed by atoms with E-state index < -0.39 is 17.5 Å². The van der Waals surface area contributed by atoms with Gasteiger partial charge in [-0.15, -0.1) is 0 Å². The first-order valence-corrected chi connectivity index (χ1v) is 10.2. The lowest BCUT2D eigenvalue weighted by atomic mass is 9.67. The van der Waals surface area contributed by atoms with Crippen LogP contribution >= 0.6 is 0 Å². The Bertz CT molecular complexity index is 1170. The minimum absolute atomic E-state index is 0.0884. The molecule has 30 heavy (non-hydrogen) atoms. The summed E-state index contributed by atoms with van der Waals surface area (Å²) in [6, 6.07) is 7.52. The number of carbonyl (C=O) groups excluding carboxylic acids is 1. The molecule has 0 spiro atoms. The molecule has 1 aliphatic heterocycles. The average Bonchev–Trinajstić information content (AvgIpc) is 2.69. The number of ketones is 1. The Morgan fingerprint density at radius 2 is 1.73 bits per heavy atom. The number of hydrogen-bond acceptors (Lipinski definition) is 5. The van der Waals surface area contributed by atoms with E-state index >= 15 is 0 Å². The summed E-state index contributed by atoms with van der Waals surface area (Å²) in [7, 11) is 3.11. The molecule has 1 aromatic heterocycles. The van der Waals surface area contributed by atoms with Crippen LogP contribution in [-0.4, -0.2) is 21.5 Å². The number of anilines is 1. The van der Waals surface area contributed by atoms with E-state index in [0.717, 1.165) is 21.6 Å². The zero-order valence-electron chi connectivity index (χ0n) is 18.0. The summed E-state index contributed by atoms with van der Waals surface area (Å²) in [4.78, 5) is 39.0. The van der Waals surface area contributed by atoms with Crippen molar-refractivity contribution in [3.8, 4) is 5.75 Å². The zero-order valence-corrected chi connectivity index (χ0v) is 18.0. The minimum Gasteiger partial charge on any atom is -0.494 e. The summed E-state index contributed by atoms with van der Waals surface area (Å²) in [6.45, 7) is 6.50. The second kappa shape index (κ2) is 7.00. The summed E-state index contributed by atoms with van der Waals surface area (Å²) in [6.07, 6.45) is 2.46. The number of hydrogen-bond donors (Lipinski definition) is 1. The summed E-state index contributed by atoms with van der Waals surface area (Å²) >= 11 is 0. The number of nitrogens with one attached hydrogen (secondary N) is 1. The first-order chi connectivity index (χ1) is 14.1. The van der Waals surface area contributed by atoms with Crippen molar-refractivity contribution in [2.45, 2.75) is 33.1 Å².